The molecule has 0 aliphatic carbocycles. The van der Waals surface area contributed by atoms with Crippen molar-refractivity contribution in [2.45, 2.75) is 71.6 Å². The molecule has 0 fully saturated rings. The third-order valence-corrected chi connectivity index (χ3v) is 12.0. The Morgan fingerprint density at radius 1 is 0.833 bits per heavy atom. The molecule has 1 aromatic rings. The molecule has 15 heteroatoms. The van der Waals surface area contributed by atoms with Gasteiger partial charge in [-0.2, -0.15) is 4.98 Å². The van der Waals surface area contributed by atoms with Crippen LogP contribution in [0.4, 0.5) is 10.7 Å². The number of carbonyl (C=O) groups excluding carboxylic acids is 1. The van der Waals surface area contributed by atoms with Crippen LogP contribution in [0.5, 0.6) is 0 Å². The number of hydrogen-bond acceptors (Lipinski definition) is 11. The molecular weight excluding hydrogens is 522 g/mol. The Morgan fingerprint density at radius 3 is 1.72 bits per heavy atom. The van der Waals surface area contributed by atoms with E-state index < -0.39 is 23.6 Å². The zero-order chi connectivity index (χ0) is 26.9. The average molecular weight is 568 g/mol. The molecule has 1 amide bonds. The molecule has 3 N–H and O–H groups in total. The van der Waals surface area contributed by atoms with Crippen LogP contribution in [0.2, 0.25) is 12.1 Å². The topological polar surface area (TPSA) is 141 Å². The van der Waals surface area contributed by atoms with Crippen LogP contribution >= 0.6 is 11.8 Å². The molecule has 1 aromatic heterocycles. The first kappa shape index (κ1) is 33.0. The normalized spacial score (nSPS) is 12.3. The van der Waals surface area contributed by atoms with Crippen molar-refractivity contribution in [1.29, 1.82) is 0 Å². The van der Waals surface area contributed by atoms with Crippen LogP contribution in [-0.2, 0) is 26.6 Å². The number of carbonyl (C=O) groups is 1. The minimum Gasteiger partial charge on any atom is -0.374 e. The third-order valence-electron chi connectivity index (χ3n) is 4.79. The predicted octanol–water partition coefficient (Wildman–Crippen LogP) is 3.39. The van der Waals surface area contributed by atoms with E-state index >= 15 is 0 Å². The zero-order valence-corrected chi connectivity index (χ0v) is 25.5. The van der Waals surface area contributed by atoms with E-state index in [1.54, 1.807) is 0 Å². The highest BCUT2D eigenvalue weighted by molar-refractivity contribution is 7.99. The number of thioether (sulfide) groups is 1. The first-order valence-electron chi connectivity index (χ1n) is 12.8. The van der Waals surface area contributed by atoms with E-state index in [1.165, 1.54) is 11.8 Å². The number of aromatic nitrogens is 3. The maximum Gasteiger partial charge on any atom is 0.500 e. The average Bonchev–Trinajstić information content (AvgIpc) is 3.21. The number of amides is 1. The molecule has 0 unspecified atom stereocenters. The lowest BCUT2D eigenvalue weighted by molar-refractivity contribution is 0.0702. The molecule has 12 nitrogen and oxygen atoms in total. The Kier molecular flexibility index (Phi) is 16.7. The Labute approximate surface area is 222 Å². The Morgan fingerprint density at radius 2 is 1.28 bits per heavy atom. The molecule has 0 atom stereocenters. The molecule has 0 saturated carbocycles. The molecular formula is C21H45N5O7SSi2. The highest BCUT2D eigenvalue weighted by atomic mass is 32.2. The van der Waals surface area contributed by atoms with E-state index in [0.29, 0.717) is 75.6 Å². The SMILES string of the molecule is CCO[Si](CCCNC(=O)n1nc(SCCC[Si](OCC)(OCC)OCC)nc1N)(OCC)OCC. The number of nitrogens with zero attached hydrogens (tertiary/aromatic N) is 3. The lowest BCUT2D eigenvalue weighted by Gasteiger charge is -2.28. The minimum atomic E-state index is -2.74. The van der Waals surface area contributed by atoms with Gasteiger partial charge in [0, 0.05) is 64.0 Å². The standard InChI is InChI=1S/C21H45N5O7SSi2/c1-7-28-35(29-8-2,30-9-3)17-13-15-23-21(27)26-19(22)24-20(25-26)34-16-14-18-36(31-10-4,32-11-5)33-12-6/h7-18H2,1-6H3,(H,23,27)(H2,22,24,25). The van der Waals surface area contributed by atoms with Gasteiger partial charge in [0.15, 0.2) is 0 Å². The second-order valence-corrected chi connectivity index (χ2v) is 13.9. The summed E-state index contributed by atoms with van der Waals surface area (Å²) in [6.07, 6.45) is 1.43. The van der Waals surface area contributed by atoms with Crippen molar-refractivity contribution in [2.24, 2.45) is 0 Å². The van der Waals surface area contributed by atoms with Gasteiger partial charge in [0.05, 0.1) is 0 Å². The molecule has 210 valence electrons. The number of hydrogen-bond donors (Lipinski definition) is 2. The summed E-state index contributed by atoms with van der Waals surface area (Å²) in [5.74, 6) is 0.754. The van der Waals surface area contributed by atoms with E-state index in [-0.39, 0.29) is 5.95 Å². The van der Waals surface area contributed by atoms with Crippen molar-refractivity contribution in [3.8, 4) is 0 Å². The lowest BCUT2D eigenvalue weighted by Crippen LogP contribution is -2.46. The quantitative estimate of drug-likeness (QED) is 0.128. The van der Waals surface area contributed by atoms with Crippen molar-refractivity contribution in [1.82, 2.24) is 20.1 Å². The fourth-order valence-corrected chi connectivity index (χ4v) is 9.79. The summed E-state index contributed by atoms with van der Waals surface area (Å²) < 4.78 is 36.3. The largest absolute Gasteiger partial charge is 0.500 e. The van der Waals surface area contributed by atoms with E-state index in [2.05, 4.69) is 15.4 Å². The van der Waals surface area contributed by atoms with Crippen LogP contribution in [0.25, 0.3) is 0 Å². The lowest BCUT2D eigenvalue weighted by atomic mass is 10.5. The molecule has 1 heterocycles. The van der Waals surface area contributed by atoms with E-state index in [0.717, 1.165) is 11.1 Å². The molecule has 0 aliphatic rings. The second-order valence-electron chi connectivity index (χ2n) is 7.42. The summed E-state index contributed by atoms with van der Waals surface area (Å²) in [4.78, 5) is 16.8. The van der Waals surface area contributed by atoms with Crippen LogP contribution in [0.3, 0.4) is 0 Å². The van der Waals surface area contributed by atoms with Crippen molar-refractivity contribution >= 4 is 41.4 Å². The first-order valence-corrected chi connectivity index (χ1v) is 17.7. The second kappa shape index (κ2) is 18.2. The smallest absolute Gasteiger partial charge is 0.374 e. The molecule has 0 aliphatic heterocycles. The highest BCUT2D eigenvalue weighted by Crippen LogP contribution is 2.23. The van der Waals surface area contributed by atoms with Gasteiger partial charge in [-0.1, -0.05) is 11.8 Å². The van der Waals surface area contributed by atoms with Crippen LogP contribution < -0.4 is 11.1 Å². The number of nitrogens with one attached hydrogen (secondary N) is 1. The van der Waals surface area contributed by atoms with Gasteiger partial charge in [-0.3, -0.25) is 0 Å². The van der Waals surface area contributed by atoms with Gasteiger partial charge in [-0.15, -0.1) is 9.78 Å². The fraction of sp³-hybridized carbons (Fsp3) is 0.857. The molecule has 36 heavy (non-hydrogen) atoms. The number of anilines is 1. The van der Waals surface area contributed by atoms with E-state index in [1.807, 2.05) is 41.5 Å². The molecule has 0 radical (unpaired) electrons. The molecule has 0 aromatic carbocycles. The summed E-state index contributed by atoms with van der Waals surface area (Å²) in [6, 6.07) is 0.869. The van der Waals surface area contributed by atoms with Gasteiger partial charge in [-0.05, 0) is 54.4 Å². The minimum absolute atomic E-state index is 0.0401. The van der Waals surface area contributed by atoms with Crippen LogP contribution in [0.15, 0.2) is 5.16 Å². The number of nitrogens with two attached hydrogens (primary N) is 1. The van der Waals surface area contributed by atoms with Crippen LogP contribution in [0.1, 0.15) is 54.4 Å². The zero-order valence-electron chi connectivity index (χ0n) is 22.7. The summed E-state index contributed by atoms with van der Waals surface area (Å²) in [6.45, 7) is 15.1. The maximum absolute atomic E-state index is 12.6. The van der Waals surface area contributed by atoms with Gasteiger partial charge in [-0.25, -0.2) is 4.79 Å². The molecule has 1 rings (SSSR count). The summed E-state index contributed by atoms with van der Waals surface area (Å²) in [7, 11) is -5.42. The number of rotatable bonds is 21. The van der Waals surface area contributed by atoms with Crippen LogP contribution in [0, 0.1) is 0 Å². The fourth-order valence-electron chi connectivity index (χ4n) is 3.54. The number of nitrogen functional groups attached to an aromatic ring is 1. The third kappa shape index (κ3) is 11.1. The van der Waals surface area contributed by atoms with Gasteiger partial charge >= 0.3 is 23.6 Å². The maximum atomic E-state index is 12.6. The Bertz CT molecular complexity index is 713. The summed E-state index contributed by atoms with van der Waals surface area (Å²) >= 11 is 1.42. The van der Waals surface area contributed by atoms with Crippen molar-refractivity contribution in [3.05, 3.63) is 0 Å². The van der Waals surface area contributed by atoms with E-state index in [9.17, 15) is 4.79 Å². The summed E-state index contributed by atoms with van der Waals surface area (Å²) in [5.41, 5.74) is 5.94. The Hall–Kier alpha value is -1.05. The monoisotopic (exact) mass is 567 g/mol. The van der Waals surface area contributed by atoms with Gasteiger partial charge in [0.2, 0.25) is 11.1 Å². The van der Waals surface area contributed by atoms with Crippen molar-refractivity contribution in [3.63, 3.8) is 0 Å². The van der Waals surface area contributed by atoms with Gasteiger partial charge < -0.3 is 37.6 Å². The van der Waals surface area contributed by atoms with Crippen LogP contribution in [-0.4, -0.2) is 90.3 Å². The first-order chi connectivity index (χ1) is 17.3. The van der Waals surface area contributed by atoms with Crippen molar-refractivity contribution < 1.29 is 31.4 Å². The van der Waals surface area contributed by atoms with Gasteiger partial charge in [0.1, 0.15) is 0 Å². The predicted molar refractivity (Wildman–Crippen MR) is 144 cm³/mol. The van der Waals surface area contributed by atoms with Crippen molar-refractivity contribution in [2.75, 3.05) is 57.7 Å². The van der Waals surface area contributed by atoms with Gasteiger partial charge in [0.25, 0.3) is 0 Å². The Balaban J connectivity index is 2.57. The molecule has 0 spiro atoms. The van der Waals surface area contributed by atoms with E-state index in [4.69, 9.17) is 32.3 Å². The molecule has 0 saturated heterocycles. The molecule has 0 bridgehead atoms. The summed E-state index contributed by atoms with van der Waals surface area (Å²) in [5, 5.41) is 7.52. The highest BCUT2D eigenvalue weighted by Gasteiger charge is 2.40.